The van der Waals surface area contributed by atoms with E-state index in [1.54, 1.807) is 20.1 Å². The number of carboxylic acids is 1. The van der Waals surface area contributed by atoms with Gasteiger partial charge in [-0.05, 0) is 86.1 Å². The number of aromatic hydroxyl groups is 1. The molecular formula is C25H33NO5. The molecule has 6 nitrogen and oxygen atoms in total. The average molecular weight is 428 g/mol. The fourth-order valence-corrected chi connectivity index (χ4v) is 3.72. The maximum Gasteiger partial charge on any atom is 0.307 e. The first kappa shape index (κ1) is 24.3. The highest BCUT2D eigenvalue weighted by atomic mass is 16.5. The van der Waals surface area contributed by atoms with Crippen molar-refractivity contribution < 1.29 is 24.5 Å². The molecule has 2 aromatic rings. The van der Waals surface area contributed by atoms with Gasteiger partial charge in [-0.2, -0.15) is 0 Å². The zero-order valence-electron chi connectivity index (χ0n) is 19.1. The van der Waals surface area contributed by atoms with Gasteiger partial charge in [0.05, 0.1) is 20.0 Å². The number of aliphatic carboxylic acids is 1. The van der Waals surface area contributed by atoms with Crippen molar-refractivity contribution in [3.05, 3.63) is 57.6 Å². The van der Waals surface area contributed by atoms with E-state index in [-0.39, 0.29) is 18.1 Å². The van der Waals surface area contributed by atoms with Crippen LogP contribution < -0.4 is 4.74 Å². The van der Waals surface area contributed by atoms with Gasteiger partial charge in [0.1, 0.15) is 11.5 Å². The molecule has 0 bridgehead atoms. The second-order valence-corrected chi connectivity index (χ2v) is 8.01. The number of likely N-dealkylation sites (tertiary alicyclic amines) is 1. The van der Waals surface area contributed by atoms with Crippen LogP contribution in [0, 0.1) is 27.7 Å². The van der Waals surface area contributed by atoms with E-state index in [9.17, 15) is 14.7 Å². The molecule has 1 heterocycles. The highest BCUT2D eigenvalue weighted by molar-refractivity contribution is 5.79. The number of phenols is 1. The number of phenolic OH excluding ortho intramolecular Hbond substituents is 1. The maximum atomic E-state index is 12.1. The molecule has 3 rings (SSSR count). The van der Waals surface area contributed by atoms with Crippen LogP contribution in [-0.2, 0) is 22.4 Å². The Labute approximate surface area is 184 Å². The molecule has 0 radical (unpaired) electrons. The average Bonchev–Trinajstić information content (AvgIpc) is 3.27. The van der Waals surface area contributed by atoms with Crippen LogP contribution >= 0.6 is 0 Å². The molecule has 0 atom stereocenters. The Morgan fingerprint density at radius 2 is 1.42 bits per heavy atom. The summed E-state index contributed by atoms with van der Waals surface area (Å²) in [5, 5.41) is 17.9. The van der Waals surface area contributed by atoms with Crippen LogP contribution in [-0.4, -0.2) is 47.2 Å². The van der Waals surface area contributed by atoms with Gasteiger partial charge in [0.25, 0.3) is 0 Å². The number of carbonyl (C=O) groups is 2. The molecule has 168 valence electrons. The Kier molecular flexibility index (Phi) is 8.48. The molecule has 0 unspecified atom stereocenters. The van der Waals surface area contributed by atoms with Gasteiger partial charge in [-0.25, -0.2) is 0 Å². The van der Waals surface area contributed by atoms with E-state index in [0.717, 1.165) is 59.5 Å². The van der Waals surface area contributed by atoms with Gasteiger partial charge in [0.2, 0.25) is 5.91 Å². The van der Waals surface area contributed by atoms with Gasteiger partial charge in [-0.1, -0.05) is 12.1 Å². The number of methoxy groups -OCH3 is 1. The fourth-order valence-electron chi connectivity index (χ4n) is 3.72. The second-order valence-electron chi connectivity index (χ2n) is 8.01. The SMILES string of the molecule is COc1ccc(CC(=O)N2CCCC2)c(C)c1C.Cc1c(O)ccc(CC(=O)O)c1C. The third-order valence-electron chi connectivity index (χ3n) is 6.08. The molecule has 31 heavy (non-hydrogen) atoms. The van der Waals surface area contributed by atoms with Crippen LogP contribution in [0.15, 0.2) is 24.3 Å². The first-order valence-corrected chi connectivity index (χ1v) is 10.6. The lowest BCUT2D eigenvalue weighted by atomic mass is 9.99. The van der Waals surface area contributed by atoms with Crippen LogP contribution in [0.3, 0.4) is 0 Å². The standard InChI is InChI=1S/C15H21NO2.C10H12O3/c1-11-12(2)14(18-3)7-6-13(11)10-15(17)16-8-4-5-9-16;1-6-7(2)9(11)4-3-8(6)5-10(12)13/h6-7H,4-5,8-10H2,1-3H3;3-4,11H,5H2,1-2H3,(H,12,13). The van der Waals surface area contributed by atoms with Crippen molar-refractivity contribution in [1.82, 2.24) is 4.90 Å². The minimum absolute atomic E-state index is 0.00690. The molecule has 1 amide bonds. The van der Waals surface area contributed by atoms with Gasteiger partial charge in [-0.15, -0.1) is 0 Å². The van der Waals surface area contributed by atoms with Gasteiger partial charge in [0.15, 0.2) is 0 Å². The molecule has 0 saturated carbocycles. The minimum atomic E-state index is -0.854. The Hall–Kier alpha value is -3.02. The summed E-state index contributed by atoms with van der Waals surface area (Å²) < 4.78 is 5.29. The summed E-state index contributed by atoms with van der Waals surface area (Å²) in [6, 6.07) is 7.14. The molecule has 0 aromatic heterocycles. The number of carboxylic acid groups (broad SMARTS) is 1. The minimum Gasteiger partial charge on any atom is -0.508 e. The Morgan fingerprint density at radius 1 is 0.871 bits per heavy atom. The number of carbonyl (C=O) groups excluding carboxylic acids is 1. The number of hydrogen-bond donors (Lipinski definition) is 2. The van der Waals surface area contributed by atoms with Crippen LogP contribution in [0.25, 0.3) is 0 Å². The van der Waals surface area contributed by atoms with E-state index in [4.69, 9.17) is 9.84 Å². The molecular weight excluding hydrogens is 394 g/mol. The number of hydrogen-bond acceptors (Lipinski definition) is 4. The summed E-state index contributed by atoms with van der Waals surface area (Å²) in [5.41, 5.74) is 5.76. The molecule has 0 aliphatic carbocycles. The lowest BCUT2D eigenvalue weighted by molar-refractivity contribution is -0.136. The topological polar surface area (TPSA) is 87.1 Å². The largest absolute Gasteiger partial charge is 0.508 e. The van der Waals surface area contributed by atoms with Crippen LogP contribution in [0.4, 0.5) is 0 Å². The smallest absolute Gasteiger partial charge is 0.307 e. The van der Waals surface area contributed by atoms with Gasteiger partial charge < -0.3 is 19.8 Å². The summed E-state index contributed by atoms with van der Waals surface area (Å²) in [5.74, 6) is 0.505. The monoisotopic (exact) mass is 427 g/mol. The summed E-state index contributed by atoms with van der Waals surface area (Å²) in [7, 11) is 1.68. The first-order chi connectivity index (χ1) is 14.6. The van der Waals surface area contributed by atoms with Crippen molar-refractivity contribution >= 4 is 11.9 Å². The van der Waals surface area contributed by atoms with E-state index in [1.165, 1.54) is 11.6 Å². The van der Waals surface area contributed by atoms with E-state index >= 15 is 0 Å². The summed E-state index contributed by atoms with van der Waals surface area (Å²) >= 11 is 0. The number of rotatable bonds is 5. The predicted octanol–water partition coefficient (Wildman–Crippen LogP) is 4.11. The predicted molar refractivity (Wildman–Crippen MR) is 121 cm³/mol. The third-order valence-corrected chi connectivity index (χ3v) is 6.08. The van der Waals surface area contributed by atoms with Crippen molar-refractivity contribution in [1.29, 1.82) is 0 Å². The lowest BCUT2D eigenvalue weighted by Gasteiger charge is -2.17. The second kappa shape index (κ2) is 10.8. The number of ether oxygens (including phenoxy) is 1. The van der Waals surface area contributed by atoms with E-state index < -0.39 is 5.97 Å². The molecule has 1 fully saturated rings. The van der Waals surface area contributed by atoms with Crippen molar-refractivity contribution in [3.63, 3.8) is 0 Å². The Balaban J connectivity index is 0.000000233. The molecule has 2 N–H and O–H groups in total. The molecule has 1 aliphatic rings. The van der Waals surface area contributed by atoms with Crippen LogP contribution in [0.2, 0.25) is 0 Å². The highest BCUT2D eigenvalue weighted by Crippen LogP contribution is 2.25. The number of benzene rings is 2. The fraction of sp³-hybridized carbons (Fsp3) is 0.440. The quantitative estimate of drug-likeness (QED) is 0.750. The normalized spacial score (nSPS) is 12.9. The number of nitrogens with zero attached hydrogens (tertiary/aromatic N) is 1. The van der Waals surface area contributed by atoms with Gasteiger partial charge in [-0.3, -0.25) is 9.59 Å². The molecule has 2 aromatic carbocycles. The van der Waals surface area contributed by atoms with Crippen LogP contribution in [0.1, 0.15) is 46.2 Å². The number of amides is 1. The Morgan fingerprint density at radius 3 is 2.00 bits per heavy atom. The Bertz CT molecular complexity index is 945. The van der Waals surface area contributed by atoms with E-state index in [0.29, 0.717) is 6.42 Å². The van der Waals surface area contributed by atoms with Crippen LogP contribution in [0.5, 0.6) is 11.5 Å². The zero-order valence-corrected chi connectivity index (χ0v) is 19.1. The maximum absolute atomic E-state index is 12.1. The first-order valence-electron chi connectivity index (χ1n) is 10.6. The van der Waals surface area contributed by atoms with Gasteiger partial charge in [0, 0.05) is 13.1 Å². The third kappa shape index (κ3) is 6.23. The zero-order chi connectivity index (χ0) is 23.1. The van der Waals surface area contributed by atoms with E-state index in [2.05, 4.69) is 6.92 Å². The molecule has 1 aliphatic heterocycles. The van der Waals surface area contributed by atoms with Crippen molar-refractivity contribution in [2.75, 3.05) is 20.2 Å². The lowest BCUT2D eigenvalue weighted by Crippen LogP contribution is -2.29. The molecule has 1 saturated heterocycles. The molecule has 0 spiro atoms. The highest BCUT2D eigenvalue weighted by Gasteiger charge is 2.19. The van der Waals surface area contributed by atoms with Gasteiger partial charge >= 0.3 is 5.97 Å². The summed E-state index contributed by atoms with van der Waals surface area (Å²) in [6.07, 6.45) is 2.81. The van der Waals surface area contributed by atoms with E-state index in [1.807, 2.05) is 30.9 Å². The van der Waals surface area contributed by atoms with Crippen molar-refractivity contribution in [2.45, 2.75) is 53.4 Å². The summed E-state index contributed by atoms with van der Waals surface area (Å²) in [4.78, 5) is 24.6. The molecule has 6 heteroatoms. The summed E-state index contributed by atoms with van der Waals surface area (Å²) in [6.45, 7) is 9.53. The van der Waals surface area contributed by atoms with Crippen molar-refractivity contribution in [3.8, 4) is 11.5 Å². The van der Waals surface area contributed by atoms with Crippen molar-refractivity contribution in [2.24, 2.45) is 0 Å².